The van der Waals surface area contributed by atoms with Crippen molar-refractivity contribution in [1.82, 2.24) is 5.32 Å². The van der Waals surface area contributed by atoms with Crippen molar-refractivity contribution in [2.24, 2.45) is 0 Å². The van der Waals surface area contributed by atoms with Crippen molar-refractivity contribution in [2.45, 2.75) is 32.9 Å². The van der Waals surface area contributed by atoms with Gasteiger partial charge >= 0.3 is 0 Å². The van der Waals surface area contributed by atoms with E-state index in [4.69, 9.17) is 26.2 Å². The van der Waals surface area contributed by atoms with Crippen molar-refractivity contribution < 1.29 is 14.6 Å². The Hall–Kier alpha value is -0.970. The van der Waals surface area contributed by atoms with Crippen LogP contribution in [0.4, 0.5) is 0 Å². The van der Waals surface area contributed by atoms with Crippen molar-refractivity contribution in [3.8, 4) is 11.5 Å². The van der Waals surface area contributed by atoms with Crippen molar-refractivity contribution in [1.29, 1.82) is 0 Å². The maximum atomic E-state index is 8.98. The maximum absolute atomic E-state index is 8.98. The zero-order valence-corrected chi connectivity index (χ0v) is 12.5. The molecule has 0 saturated carbocycles. The predicted octanol–water partition coefficient (Wildman–Crippen LogP) is 2.61. The second-order valence-corrected chi connectivity index (χ2v) is 4.83. The van der Waals surface area contributed by atoms with Gasteiger partial charge in [0.15, 0.2) is 11.5 Å². The molecule has 0 aliphatic rings. The Kier molecular flexibility index (Phi) is 6.99. The summed E-state index contributed by atoms with van der Waals surface area (Å²) >= 11 is 6.22. The normalized spacial score (nSPS) is 12.3. The van der Waals surface area contributed by atoms with Gasteiger partial charge in [-0.05, 0) is 31.0 Å². The lowest BCUT2D eigenvalue weighted by atomic mass is 10.2. The number of aliphatic hydroxyl groups excluding tert-OH is 1. The first-order valence-corrected chi connectivity index (χ1v) is 6.83. The van der Waals surface area contributed by atoms with Crippen molar-refractivity contribution in [2.75, 3.05) is 20.3 Å². The topological polar surface area (TPSA) is 50.7 Å². The largest absolute Gasteiger partial charge is 0.493 e. The van der Waals surface area contributed by atoms with Gasteiger partial charge in [-0.3, -0.25) is 0 Å². The van der Waals surface area contributed by atoms with Crippen LogP contribution in [0.1, 0.15) is 25.8 Å². The smallest absolute Gasteiger partial charge is 0.179 e. The molecule has 0 aliphatic heterocycles. The van der Waals surface area contributed by atoms with E-state index in [-0.39, 0.29) is 12.6 Å². The third kappa shape index (κ3) is 4.90. The molecular formula is C14H22ClNO3. The summed E-state index contributed by atoms with van der Waals surface area (Å²) in [6.07, 6.45) is 0.913. The van der Waals surface area contributed by atoms with Gasteiger partial charge in [0, 0.05) is 12.6 Å². The highest BCUT2D eigenvalue weighted by Crippen LogP contribution is 2.36. The lowest BCUT2D eigenvalue weighted by Crippen LogP contribution is -2.28. The molecule has 0 spiro atoms. The van der Waals surface area contributed by atoms with Gasteiger partial charge in [0.2, 0.25) is 0 Å². The number of ether oxygens (including phenoxy) is 2. The van der Waals surface area contributed by atoms with Crippen molar-refractivity contribution in [3.63, 3.8) is 0 Å². The van der Waals surface area contributed by atoms with Gasteiger partial charge < -0.3 is 19.9 Å². The molecule has 0 radical (unpaired) electrons. The standard InChI is InChI=1S/C14H22ClNO3/c1-4-5-19-14-12(15)6-11(7-13(14)18-3)8-16-10(2)9-17/h6-7,10,16-17H,4-5,8-9H2,1-3H3/t10-/m1/s1. The first kappa shape index (κ1) is 16.1. The molecule has 0 aliphatic carbocycles. The van der Waals surface area contributed by atoms with E-state index < -0.39 is 0 Å². The molecular weight excluding hydrogens is 266 g/mol. The van der Waals surface area contributed by atoms with Crippen LogP contribution in [0.25, 0.3) is 0 Å². The highest BCUT2D eigenvalue weighted by molar-refractivity contribution is 6.32. The molecule has 0 unspecified atom stereocenters. The molecule has 1 aromatic rings. The molecule has 1 atom stereocenters. The minimum Gasteiger partial charge on any atom is -0.493 e. The summed E-state index contributed by atoms with van der Waals surface area (Å²) in [7, 11) is 1.60. The van der Waals surface area contributed by atoms with E-state index >= 15 is 0 Å². The van der Waals surface area contributed by atoms with Crippen LogP contribution in [0.5, 0.6) is 11.5 Å². The Bertz CT molecular complexity index is 399. The molecule has 19 heavy (non-hydrogen) atoms. The van der Waals surface area contributed by atoms with E-state index in [1.165, 1.54) is 0 Å². The second kappa shape index (κ2) is 8.25. The fourth-order valence-electron chi connectivity index (χ4n) is 1.58. The Labute approximate surface area is 119 Å². The first-order valence-electron chi connectivity index (χ1n) is 6.45. The van der Waals surface area contributed by atoms with Gasteiger partial charge in [-0.2, -0.15) is 0 Å². The molecule has 108 valence electrons. The Morgan fingerprint density at radius 3 is 2.74 bits per heavy atom. The minimum atomic E-state index is 0.0424. The molecule has 1 rings (SSSR count). The molecule has 0 heterocycles. The Morgan fingerprint density at radius 2 is 2.16 bits per heavy atom. The summed E-state index contributed by atoms with van der Waals surface area (Å²) in [6, 6.07) is 3.79. The van der Waals surface area contributed by atoms with Gasteiger partial charge in [0.25, 0.3) is 0 Å². The number of rotatable bonds is 8. The molecule has 0 fully saturated rings. The first-order chi connectivity index (χ1) is 9.12. The molecule has 0 amide bonds. The number of nitrogens with one attached hydrogen (secondary N) is 1. The Morgan fingerprint density at radius 1 is 1.42 bits per heavy atom. The lowest BCUT2D eigenvalue weighted by molar-refractivity contribution is 0.251. The SMILES string of the molecule is CCCOc1c(Cl)cc(CN[C@H](C)CO)cc1OC. The average Bonchev–Trinajstić information content (AvgIpc) is 2.42. The molecule has 5 heteroatoms. The Balaban J connectivity index is 2.83. The summed E-state index contributed by atoms with van der Waals surface area (Å²) in [4.78, 5) is 0. The molecule has 2 N–H and O–H groups in total. The number of aliphatic hydroxyl groups is 1. The zero-order valence-electron chi connectivity index (χ0n) is 11.7. The van der Waals surface area contributed by atoms with E-state index in [0.29, 0.717) is 29.7 Å². The maximum Gasteiger partial charge on any atom is 0.179 e. The third-order valence-electron chi connectivity index (χ3n) is 2.67. The number of methoxy groups -OCH3 is 1. The van der Waals surface area contributed by atoms with E-state index in [1.807, 2.05) is 26.0 Å². The van der Waals surface area contributed by atoms with Crippen LogP contribution in [-0.4, -0.2) is 31.5 Å². The van der Waals surface area contributed by atoms with Crippen LogP contribution in [0.3, 0.4) is 0 Å². The lowest BCUT2D eigenvalue weighted by Gasteiger charge is -2.15. The monoisotopic (exact) mass is 287 g/mol. The van der Waals surface area contributed by atoms with Crippen molar-refractivity contribution >= 4 is 11.6 Å². The van der Waals surface area contributed by atoms with Crippen LogP contribution < -0.4 is 14.8 Å². The summed E-state index contributed by atoms with van der Waals surface area (Å²) in [6.45, 7) is 5.27. The molecule has 1 aromatic carbocycles. The highest BCUT2D eigenvalue weighted by atomic mass is 35.5. The fraction of sp³-hybridized carbons (Fsp3) is 0.571. The van der Waals surface area contributed by atoms with Gasteiger partial charge in [-0.15, -0.1) is 0 Å². The summed E-state index contributed by atoms with van der Waals surface area (Å²) in [5, 5.41) is 12.7. The number of benzene rings is 1. The zero-order chi connectivity index (χ0) is 14.3. The quantitative estimate of drug-likeness (QED) is 0.772. The van der Waals surface area contributed by atoms with E-state index in [0.717, 1.165) is 12.0 Å². The predicted molar refractivity (Wildman–Crippen MR) is 77.2 cm³/mol. The van der Waals surface area contributed by atoms with Crippen molar-refractivity contribution in [3.05, 3.63) is 22.7 Å². The van der Waals surface area contributed by atoms with Crippen LogP contribution in [0.15, 0.2) is 12.1 Å². The van der Waals surface area contributed by atoms with Gasteiger partial charge in [-0.1, -0.05) is 18.5 Å². The summed E-state index contributed by atoms with van der Waals surface area (Å²) in [5.41, 5.74) is 0.992. The van der Waals surface area contributed by atoms with Crippen LogP contribution in [0.2, 0.25) is 5.02 Å². The van der Waals surface area contributed by atoms with Gasteiger partial charge in [0.05, 0.1) is 25.3 Å². The highest BCUT2D eigenvalue weighted by Gasteiger charge is 2.12. The van der Waals surface area contributed by atoms with Crippen LogP contribution in [0, 0.1) is 0 Å². The minimum absolute atomic E-state index is 0.0424. The van der Waals surface area contributed by atoms with Crippen LogP contribution >= 0.6 is 11.6 Å². The van der Waals surface area contributed by atoms with Crippen LogP contribution in [-0.2, 0) is 6.54 Å². The number of hydrogen-bond acceptors (Lipinski definition) is 4. The van der Waals surface area contributed by atoms with Gasteiger partial charge in [0.1, 0.15) is 0 Å². The van der Waals surface area contributed by atoms with E-state index in [2.05, 4.69) is 5.32 Å². The van der Waals surface area contributed by atoms with E-state index in [1.54, 1.807) is 7.11 Å². The molecule has 0 aromatic heterocycles. The second-order valence-electron chi connectivity index (χ2n) is 4.42. The fourth-order valence-corrected chi connectivity index (χ4v) is 1.86. The molecule has 0 bridgehead atoms. The molecule has 4 nitrogen and oxygen atoms in total. The van der Waals surface area contributed by atoms with Gasteiger partial charge in [-0.25, -0.2) is 0 Å². The van der Waals surface area contributed by atoms with E-state index in [9.17, 15) is 0 Å². The molecule has 0 saturated heterocycles. The third-order valence-corrected chi connectivity index (χ3v) is 2.95. The average molecular weight is 288 g/mol. The number of halogens is 1. The number of hydrogen-bond donors (Lipinski definition) is 2. The summed E-state index contributed by atoms with van der Waals surface area (Å²) in [5.74, 6) is 1.22. The summed E-state index contributed by atoms with van der Waals surface area (Å²) < 4.78 is 10.9.